The van der Waals surface area contributed by atoms with Gasteiger partial charge in [-0.15, -0.1) is 0 Å². The standard InChI is InChI=1S/C16H12O2/c1-3-7-13(8-4-1)15-11-17-12-16(18-15)14-9-5-2-6-10-14/h1-12H. The summed E-state index contributed by atoms with van der Waals surface area (Å²) in [6.07, 6.45) is 3.23. The predicted octanol–water partition coefficient (Wildman–Crippen LogP) is 4.03. The monoisotopic (exact) mass is 236 g/mol. The fourth-order valence-corrected chi connectivity index (χ4v) is 1.78. The van der Waals surface area contributed by atoms with Crippen LogP contribution in [0.2, 0.25) is 0 Å². The smallest absolute Gasteiger partial charge is 0.169 e. The molecule has 88 valence electrons. The van der Waals surface area contributed by atoms with E-state index in [2.05, 4.69) is 0 Å². The van der Waals surface area contributed by atoms with Gasteiger partial charge in [0.1, 0.15) is 12.5 Å². The molecule has 0 radical (unpaired) electrons. The summed E-state index contributed by atoms with van der Waals surface area (Å²) in [4.78, 5) is 0. The van der Waals surface area contributed by atoms with E-state index in [1.165, 1.54) is 0 Å². The first-order chi connectivity index (χ1) is 8.93. The Morgan fingerprint density at radius 3 is 1.44 bits per heavy atom. The zero-order valence-electron chi connectivity index (χ0n) is 9.74. The summed E-state index contributed by atoms with van der Waals surface area (Å²) in [6, 6.07) is 19.8. The van der Waals surface area contributed by atoms with Gasteiger partial charge in [0.05, 0.1) is 0 Å². The van der Waals surface area contributed by atoms with Gasteiger partial charge in [0.2, 0.25) is 0 Å². The summed E-state index contributed by atoms with van der Waals surface area (Å²) in [5, 5.41) is 0. The minimum Gasteiger partial charge on any atom is -0.465 e. The summed E-state index contributed by atoms with van der Waals surface area (Å²) in [6.45, 7) is 0. The summed E-state index contributed by atoms with van der Waals surface area (Å²) in [7, 11) is 0. The molecule has 1 aliphatic heterocycles. The average Bonchev–Trinajstić information content (AvgIpc) is 2.49. The number of benzene rings is 2. The molecule has 3 rings (SSSR count). The molecule has 0 fully saturated rings. The molecular weight excluding hydrogens is 224 g/mol. The summed E-state index contributed by atoms with van der Waals surface area (Å²) in [5.74, 6) is 1.44. The largest absolute Gasteiger partial charge is 0.465 e. The predicted molar refractivity (Wildman–Crippen MR) is 71.0 cm³/mol. The van der Waals surface area contributed by atoms with Gasteiger partial charge in [0.15, 0.2) is 11.5 Å². The highest BCUT2D eigenvalue weighted by Crippen LogP contribution is 2.28. The normalized spacial score (nSPS) is 14.0. The summed E-state index contributed by atoms with van der Waals surface area (Å²) < 4.78 is 11.2. The second-order valence-corrected chi connectivity index (χ2v) is 3.93. The third-order valence-electron chi connectivity index (χ3n) is 2.69. The van der Waals surface area contributed by atoms with Gasteiger partial charge in [-0.25, -0.2) is 0 Å². The van der Waals surface area contributed by atoms with Gasteiger partial charge in [-0.1, -0.05) is 60.7 Å². The molecule has 0 saturated heterocycles. The Kier molecular flexibility index (Phi) is 2.84. The first-order valence-corrected chi connectivity index (χ1v) is 5.78. The first-order valence-electron chi connectivity index (χ1n) is 5.78. The SMILES string of the molecule is C1=C(c2ccccc2)OC(c2ccccc2)=CO1. The quantitative estimate of drug-likeness (QED) is 0.783. The van der Waals surface area contributed by atoms with Crippen LogP contribution in [0.1, 0.15) is 11.1 Å². The number of hydrogen-bond acceptors (Lipinski definition) is 2. The topological polar surface area (TPSA) is 18.5 Å². The lowest BCUT2D eigenvalue weighted by Gasteiger charge is -2.16. The first kappa shape index (κ1) is 10.7. The molecule has 0 saturated carbocycles. The second kappa shape index (κ2) is 4.80. The van der Waals surface area contributed by atoms with Crippen LogP contribution in [0.25, 0.3) is 11.5 Å². The Morgan fingerprint density at radius 1 is 0.556 bits per heavy atom. The molecule has 18 heavy (non-hydrogen) atoms. The van der Waals surface area contributed by atoms with E-state index in [1.54, 1.807) is 12.5 Å². The third kappa shape index (κ3) is 2.13. The number of ether oxygens (including phenoxy) is 2. The van der Waals surface area contributed by atoms with Crippen LogP contribution in [0.5, 0.6) is 0 Å². The summed E-state index contributed by atoms with van der Waals surface area (Å²) in [5.41, 5.74) is 2.00. The van der Waals surface area contributed by atoms with E-state index >= 15 is 0 Å². The van der Waals surface area contributed by atoms with Gasteiger partial charge in [0.25, 0.3) is 0 Å². The lowest BCUT2D eigenvalue weighted by molar-refractivity contribution is 0.332. The molecule has 0 atom stereocenters. The van der Waals surface area contributed by atoms with Crippen LogP contribution in [0.15, 0.2) is 73.2 Å². The van der Waals surface area contributed by atoms with Crippen molar-refractivity contribution in [2.75, 3.05) is 0 Å². The van der Waals surface area contributed by atoms with Crippen molar-refractivity contribution in [2.24, 2.45) is 0 Å². The maximum atomic E-state index is 5.86. The van der Waals surface area contributed by atoms with E-state index in [1.807, 2.05) is 60.7 Å². The molecule has 0 aromatic heterocycles. The molecule has 0 amide bonds. The minimum atomic E-state index is 0.719. The van der Waals surface area contributed by atoms with Crippen molar-refractivity contribution in [1.82, 2.24) is 0 Å². The van der Waals surface area contributed by atoms with Crippen LogP contribution in [-0.2, 0) is 9.47 Å². The molecular formula is C16H12O2. The Labute approximate surface area is 106 Å². The van der Waals surface area contributed by atoms with Crippen LogP contribution >= 0.6 is 0 Å². The van der Waals surface area contributed by atoms with Crippen LogP contribution in [0.3, 0.4) is 0 Å². The molecule has 1 aliphatic rings. The third-order valence-corrected chi connectivity index (χ3v) is 2.69. The van der Waals surface area contributed by atoms with E-state index in [4.69, 9.17) is 9.47 Å². The highest BCUT2D eigenvalue weighted by atomic mass is 16.5. The van der Waals surface area contributed by atoms with Crippen LogP contribution in [0.4, 0.5) is 0 Å². The second-order valence-electron chi connectivity index (χ2n) is 3.93. The molecule has 0 N–H and O–H groups in total. The van der Waals surface area contributed by atoms with Gasteiger partial charge >= 0.3 is 0 Å². The molecule has 0 spiro atoms. The van der Waals surface area contributed by atoms with E-state index in [9.17, 15) is 0 Å². The van der Waals surface area contributed by atoms with Crippen molar-refractivity contribution in [2.45, 2.75) is 0 Å². The fourth-order valence-electron chi connectivity index (χ4n) is 1.78. The Hall–Kier alpha value is -2.48. The highest BCUT2D eigenvalue weighted by molar-refractivity contribution is 5.70. The van der Waals surface area contributed by atoms with E-state index < -0.39 is 0 Å². The van der Waals surface area contributed by atoms with Gasteiger partial charge in [0, 0.05) is 11.1 Å². The van der Waals surface area contributed by atoms with E-state index in [0.717, 1.165) is 22.6 Å². The van der Waals surface area contributed by atoms with Crippen molar-refractivity contribution in [1.29, 1.82) is 0 Å². The van der Waals surface area contributed by atoms with Crippen LogP contribution in [0, 0.1) is 0 Å². The van der Waals surface area contributed by atoms with Crippen molar-refractivity contribution in [3.05, 3.63) is 84.3 Å². The average molecular weight is 236 g/mol. The lowest BCUT2D eigenvalue weighted by Crippen LogP contribution is -1.98. The zero-order valence-corrected chi connectivity index (χ0v) is 9.74. The Bertz CT molecular complexity index is 530. The molecule has 0 unspecified atom stereocenters. The number of hydrogen-bond donors (Lipinski definition) is 0. The number of rotatable bonds is 2. The fraction of sp³-hybridized carbons (Fsp3) is 0. The van der Waals surface area contributed by atoms with E-state index in [0.29, 0.717) is 0 Å². The Balaban J connectivity index is 1.85. The van der Waals surface area contributed by atoms with Crippen molar-refractivity contribution >= 4 is 11.5 Å². The molecule has 1 heterocycles. The molecule has 0 bridgehead atoms. The van der Waals surface area contributed by atoms with Crippen LogP contribution < -0.4 is 0 Å². The molecule has 0 aliphatic carbocycles. The highest BCUT2D eigenvalue weighted by Gasteiger charge is 2.13. The molecule has 2 aromatic carbocycles. The van der Waals surface area contributed by atoms with Gasteiger partial charge in [-0.05, 0) is 0 Å². The Morgan fingerprint density at radius 2 is 1.00 bits per heavy atom. The summed E-state index contributed by atoms with van der Waals surface area (Å²) >= 11 is 0. The van der Waals surface area contributed by atoms with Gasteiger partial charge < -0.3 is 9.47 Å². The van der Waals surface area contributed by atoms with Gasteiger partial charge in [-0.2, -0.15) is 0 Å². The molecule has 2 nitrogen and oxygen atoms in total. The van der Waals surface area contributed by atoms with Gasteiger partial charge in [-0.3, -0.25) is 0 Å². The zero-order chi connectivity index (χ0) is 12.2. The maximum absolute atomic E-state index is 5.86. The van der Waals surface area contributed by atoms with Crippen molar-refractivity contribution in [3.8, 4) is 0 Å². The van der Waals surface area contributed by atoms with Crippen molar-refractivity contribution in [3.63, 3.8) is 0 Å². The van der Waals surface area contributed by atoms with Crippen LogP contribution in [-0.4, -0.2) is 0 Å². The minimum absolute atomic E-state index is 0.719. The molecule has 2 aromatic rings. The van der Waals surface area contributed by atoms with Crippen molar-refractivity contribution < 1.29 is 9.47 Å². The van der Waals surface area contributed by atoms with E-state index in [-0.39, 0.29) is 0 Å². The molecule has 2 heteroatoms. The maximum Gasteiger partial charge on any atom is 0.169 e. The lowest BCUT2D eigenvalue weighted by atomic mass is 10.1.